The Kier molecular flexibility index (Phi) is 5.12. The van der Waals surface area contributed by atoms with Crippen LogP contribution in [0.3, 0.4) is 0 Å². The molecular formula is C15H20O2S. The van der Waals surface area contributed by atoms with E-state index >= 15 is 0 Å². The Balaban J connectivity index is 1.88. The van der Waals surface area contributed by atoms with Crippen LogP contribution in [0.2, 0.25) is 0 Å². The molecule has 0 unspecified atom stereocenters. The average Bonchev–Trinajstić information content (AvgIpc) is 2.46. The highest BCUT2D eigenvalue weighted by Gasteiger charge is 2.21. The minimum atomic E-state index is 0.306. The first kappa shape index (κ1) is 13.5. The lowest BCUT2D eigenvalue weighted by molar-refractivity contribution is -0.121. The number of carbonyl (C=O) groups is 1. The normalized spacial score (nSPS) is 16.5. The van der Waals surface area contributed by atoms with Crippen molar-refractivity contribution in [2.24, 2.45) is 5.92 Å². The summed E-state index contributed by atoms with van der Waals surface area (Å²) in [5.41, 5.74) is 0. The van der Waals surface area contributed by atoms with Crippen LogP contribution in [0.15, 0.2) is 29.2 Å². The van der Waals surface area contributed by atoms with Gasteiger partial charge in [0.05, 0.1) is 12.9 Å². The van der Waals surface area contributed by atoms with E-state index in [2.05, 4.69) is 0 Å². The third-order valence-electron chi connectivity index (χ3n) is 3.50. The third kappa shape index (κ3) is 3.52. The Morgan fingerprint density at radius 3 is 2.72 bits per heavy atom. The lowest BCUT2D eigenvalue weighted by atomic mass is 9.87. The van der Waals surface area contributed by atoms with Gasteiger partial charge in [0.1, 0.15) is 11.5 Å². The minimum Gasteiger partial charge on any atom is -0.496 e. The number of rotatable bonds is 5. The van der Waals surface area contributed by atoms with Crippen molar-refractivity contribution in [1.29, 1.82) is 0 Å². The van der Waals surface area contributed by atoms with E-state index < -0.39 is 0 Å². The highest BCUT2D eigenvalue weighted by Crippen LogP contribution is 2.31. The number of ether oxygens (including phenoxy) is 1. The van der Waals surface area contributed by atoms with Gasteiger partial charge in [0.25, 0.3) is 0 Å². The molecule has 3 heteroatoms. The summed E-state index contributed by atoms with van der Waals surface area (Å²) >= 11 is 1.60. The van der Waals surface area contributed by atoms with Gasteiger partial charge in [-0.3, -0.25) is 4.79 Å². The zero-order valence-electron chi connectivity index (χ0n) is 10.9. The summed E-state index contributed by atoms with van der Waals surface area (Å²) in [4.78, 5) is 13.2. The number of Topliss-reactive ketones (excluding diaryl/α,β-unsaturated/α-hetero) is 1. The second-order valence-electron chi connectivity index (χ2n) is 4.74. The predicted octanol–water partition coefficient (Wildman–Crippen LogP) is 3.94. The van der Waals surface area contributed by atoms with Gasteiger partial charge in [-0.15, -0.1) is 11.8 Å². The number of benzene rings is 1. The van der Waals surface area contributed by atoms with Crippen molar-refractivity contribution in [3.05, 3.63) is 24.3 Å². The fraction of sp³-hybridized carbons (Fsp3) is 0.533. The topological polar surface area (TPSA) is 26.3 Å². The van der Waals surface area contributed by atoms with Crippen LogP contribution in [0, 0.1) is 5.92 Å². The molecule has 18 heavy (non-hydrogen) atoms. The number of thioether (sulfide) groups is 1. The number of ketones is 1. The maximum absolute atomic E-state index is 12.1. The highest BCUT2D eigenvalue weighted by atomic mass is 32.2. The van der Waals surface area contributed by atoms with E-state index in [9.17, 15) is 4.79 Å². The molecule has 1 saturated carbocycles. The molecule has 98 valence electrons. The first-order valence-electron chi connectivity index (χ1n) is 6.60. The predicted molar refractivity (Wildman–Crippen MR) is 75.3 cm³/mol. The summed E-state index contributed by atoms with van der Waals surface area (Å²) < 4.78 is 5.29. The molecule has 0 saturated heterocycles. The molecule has 0 radical (unpaired) electrons. The van der Waals surface area contributed by atoms with E-state index in [0.29, 0.717) is 17.5 Å². The van der Waals surface area contributed by atoms with Gasteiger partial charge in [-0.05, 0) is 25.0 Å². The number of hydrogen-bond acceptors (Lipinski definition) is 3. The SMILES string of the molecule is COc1ccccc1SCC(=O)C1CCCCC1. The number of carbonyl (C=O) groups excluding carboxylic acids is 1. The maximum atomic E-state index is 12.1. The minimum absolute atomic E-state index is 0.306. The van der Waals surface area contributed by atoms with Gasteiger partial charge in [0.2, 0.25) is 0 Å². The van der Waals surface area contributed by atoms with E-state index in [1.54, 1.807) is 18.9 Å². The molecule has 0 amide bonds. The molecule has 0 spiro atoms. The molecule has 1 aromatic rings. The zero-order valence-corrected chi connectivity index (χ0v) is 11.7. The van der Waals surface area contributed by atoms with E-state index in [-0.39, 0.29) is 0 Å². The largest absolute Gasteiger partial charge is 0.496 e. The molecule has 0 aliphatic heterocycles. The molecule has 2 rings (SSSR count). The standard InChI is InChI=1S/C15H20O2S/c1-17-14-9-5-6-10-15(14)18-11-13(16)12-7-3-2-4-8-12/h5-6,9-10,12H,2-4,7-8,11H2,1H3. The molecule has 1 aliphatic carbocycles. The van der Waals surface area contributed by atoms with Crippen molar-refractivity contribution in [2.75, 3.05) is 12.9 Å². The fourth-order valence-electron chi connectivity index (χ4n) is 2.43. The molecule has 0 atom stereocenters. The van der Waals surface area contributed by atoms with Crippen LogP contribution in [0.4, 0.5) is 0 Å². The Morgan fingerprint density at radius 1 is 1.28 bits per heavy atom. The van der Waals surface area contributed by atoms with E-state index in [4.69, 9.17) is 4.74 Å². The van der Waals surface area contributed by atoms with Crippen molar-refractivity contribution in [3.8, 4) is 5.75 Å². The second kappa shape index (κ2) is 6.83. The Bertz CT molecular complexity index is 397. The molecule has 0 bridgehead atoms. The highest BCUT2D eigenvalue weighted by molar-refractivity contribution is 8.00. The van der Waals surface area contributed by atoms with Crippen molar-refractivity contribution in [1.82, 2.24) is 0 Å². The Morgan fingerprint density at radius 2 is 2.00 bits per heavy atom. The molecule has 1 aromatic carbocycles. The summed E-state index contributed by atoms with van der Waals surface area (Å²) in [6.07, 6.45) is 5.91. The second-order valence-corrected chi connectivity index (χ2v) is 5.76. The summed E-state index contributed by atoms with van der Waals surface area (Å²) in [6.45, 7) is 0. The number of hydrogen-bond donors (Lipinski definition) is 0. The summed E-state index contributed by atoms with van der Waals surface area (Å²) in [7, 11) is 1.67. The molecule has 0 N–H and O–H groups in total. The molecule has 0 aromatic heterocycles. The van der Waals surface area contributed by atoms with Crippen molar-refractivity contribution < 1.29 is 9.53 Å². The lowest BCUT2D eigenvalue weighted by Crippen LogP contribution is -2.19. The van der Waals surface area contributed by atoms with E-state index in [0.717, 1.165) is 23.5 Å². The first-order chi connectivity index (χ1) is 8.81. The van der Waals surface area contributed by atoms with Crippen molar-refractivity contribution >= 4 is 17.5 Å². The van der Waals surface area contributed by atoms with E-state index in [1.807, 2.05) is 24.3 Å². The summed E-state index contributed by atoms with van der Waals surface area (Å²) in [5, 5.41) is 0. The monoisotopic (exact) mass is 264 g/mol. The number of methoxy groups -OCH3 is 1. The molecular weight excluding hydrogens is 244 g/mol. The molecule has 2 nitrogen and oxygen atoms in total. The smallest absolute Gasteiger partial charge is 0.146 e. The Hall–Kier alpha value is -0.960. The van der Waals surface area contributed by atoms with Crippen LogP contribution in [0.25, 0.3) is 0 Å². The molecule has 1 aliphatic rings. The Labute approximate surface area is 113 Å². The van der Waals surface area contributed by atoms with E-state index in [1.165, 1.54) is 19.3 Å². The third-order valence-corrected chi connectivity index (χ3v) is 4.58. The maximum Gasteiger partial charge on any atom is 0.146 e. The lowest BCUT2D eigenvalue weighted by Gasteiger charge is -2.20. The van der Waals surface area contributed by atoms with Gasteiger partial charge in [-0.1, -0.05) is 31.4 Å². The quantitative estimate of drug-likeness (QED) is 0.754. The van der Waals surface area contributed by atoms with Gasteiger partial charge < -0.3 is 4.74 Å². The first-order valence-corrected chi connectivity index (χ1v) is 7.58. The van der Waals surface area contributed by atoms with Crippen LogP contribution in [0.1, 0.15) is 32.1 Å². The van der Waals surface area contributed by atoms with Crippen LogP contribution in [-0.4, -0.2) is 18.6 Å². The van der Waals surface area contributed by atoms with Gasteiger partial charge >= 0.3 is 0 Å². The molecule has 0 heterocycles. The van der Waals surface area contributed by atoms with Crippen LogP contribution < -0.4 is 4.74 Å². The van der Waals surface area contributed by atoms with Crippen LogP contribution in [-0.2, 0) is 4.79 Å². The van der Waals surface area contributed by atoms with Gasteiger partial charge in [0, 0.05) is 10.8 Å². The summed E-state index contributed by atoms with van der Waals surface area (Å²) in [5.74, 6) is 2.15. The zero-order chi connectivity index (χ0) is 12.8. The van der Waals surface area contributed by atoms with Crippen molar-refractivity contribution in [2.45, 2.75) is 37.0 Å². The van der Waals surface area contributed by atoms with Crippen LogP contribution in [0.5, 0.6) is 5.75 Å². The fourth-order valence-corrected chi connectivity index (χ4v) is 3.43. The average molecular weight is 264 g/mol. The van der Waals surface area contributed by atoms with Gasteiger partial charge in [0.15, 0.2) is 0 Å². The van der Waals surface area contributed by atoms with Crippen molar-refractivity contribution in [3.63, 3.8) is 0 Å². The van der Waals surface area contributed by atoms with Gasteiger partial charge in [-0.2, -0.15) is 0 Å². The number of para-hydroxylation sites is 1. The van der Waals surface area contributed by atoms with Crippen LogP contribution >= 0.6 is 11.8 Å². The molecule has 1 fully saturated rings. The summed E-state index contributed by atoms with van der Waals surface area (Å²) in [6, 6.07) is 7.88. The van der Waals surface area contributed by atoms with Gasteiger partial charge in [-0.25, -0.2) is 0 Å².